The fraction of sp³-hybridized carbons (Fsp3) is 0.143. The van der Waals surface area contributed by atoms with Crippen LogP contribution in [-0.4, -0.2) is 4.57 Å². The number of nitrogens with zero attached hydrogens (tertiary/aromatic N) is 1. The van der Waals surface area contributed by atoms with Gasteiger partial charge in [0.1, 0.15) is 11.2 Å². The summed E-state index contributed by atoms with van der Waals surface area (Å²) in [5.74, 6) is 0. The second kappa shape index (κ2) is 5.99. The Morgan fingerprint density at radius 1 is 0.600 bits per heavy atom. The van der Waals surface area contributed by atoms with Gasteiger partial charge >= 0.3 is 0 Å². The number of fused-ring (bicyclic) bond motifs is 6. The lowest BCUT2D eigenvalue weighted by Gasteiger charge is -2.19. The van der Waals surface area contributed by atoms with Gasteiger partial charge in [-0.05, 0) is 47.4 Å². The Morgan fingerprint density at radius 3 is 2.07 bits per heavy atom. The topological polar surface area (TPSA) is 18.1 Å². The highest BCUT2D eigenvalue weighted by molar-refractivity contribution is 6.17. The highest BCUT2D eigenvalue weighted by Crippen LogP contribution is 2.38. The Bertz CT molecular complexity index is 1560. The lowest BCUT2D eigenvalue weighted by molar-refractivity contribution is 0.590. The van der Waals surface area contributed by atoms with Gasteiger partial charge in [-0.2, -0.15) is 0 Å². The highest BCUT2D eigenvalue weighted by Gasteiger charge is 2.17. The Kier molecular flexibility index (Phi) is 3.47. The van der Waals surface area contributed by atoms with Crippen molar-refractivity contribution in [2.24, 2.45) is 0 Å². The van der Waals surface area contributed by atoms with Gasteiger partial charge in [-0.25, -0.2) is 0 Å². The molecule has 2 nitrogen and oxygen atoms in total. The van der Waals surface area contributed by atoms with Gasteiger partial charge in [0.05, 0.1) is 11.0 Å². The molecule has 0 aliphatic carbocycles. The van der Waals surface area contributed by atoms with Crippen molar-refractivity contribution in [1.29, 1.82) is 0 Å². The molecule has 146 valence electrons. The third-order valence-electron chi connectivity index (χ3n) is 6.16. The van der Waals surface area contributed by atoms with E-state index in [9.17, 15) is 0 Å². The van der Waals surface area contributed by atoms with Crippen LogP contribution in [0.1, 0.15) is 26.3 Å². The summed E-state index contributed by atoms with van der Waals surface area (Å²) < 4.78 is 8.54. The number of hydrogen-bond donors (Lipinski definition) is 0. The van der Waals surface area contributed by atoms with Gasteiger partial charge in [0.2, 0.25) is 0 Å². The summed E-state index contributed by atoms with van der Waals surface area (Å²) >= 11 is 0. The quantitative estimate of drug-likeness (QED) is 0.279. The smallest absolute Gasteiger partial charge is 0.136 e. The number of rotatable bonds is 1. The van der Waals surface area contributed by atoms with Crippen LogP contribution < -0.4 is 0 Å². The zero-order chi connectivity index (χ0) is 20.5. The fourth-order valence-corrected chi connectivity index (χ4v) is 4.58. The van der Waals surface area contributed by atoms with Crippen LogP contribution in [0.2, 0.25) is 0 Å². The minimum atomic E-state index is 0.140. The van der Waals surface area contributed by atoms with Gasteiger partial charge in [-0.3, -0.25) is 0 Å². The highest BCUT2D eigenvalue weighted by atomic mass is 16.3. The molecule has 30 heavy (non-hydrogen) atoms. The van der Waals surface area contributed by atoms with Gasteiger partial charge < -0.3 is 8.98 Å². The molecule has 2 aromatic heterocycles. The number of aromatic nitrogens is 1. The number of para-hydroxylation sites is 2. The maximum absolute atomic E-state index is 6.17. The third kappa shape index (κ3) is 2.43. The van der Waals surface area contributed by atoms with Crippen molar-refractivity contribution in [3.8, 4) is 5.69 Å². The summed E-state index contributed by atoms with van der Waals surface area (Å²) in [4.78, 5) is 0. The number of hydrogen-bond acceptors (Lipinski definition) is 1. The lowest BCUT2D eigenvalue weighted by Crippen LogP contribution is -2.10. The molecule has 0 atom stereocenters. The van der Waals surface area contributed by atoms with E-state index in [4.69, 9.17) is 4.42 Å². The Labute approximate surface area is 175 Å². The first-order valence-electron chi connectivity index (χ1n) is 10.5. The van der Waals surface area contributed by atoms with Crippen LogP contribution in [0.3, 0.4) is 0 Å². The maximum Gasteiger partial charge on any atom is 0.136 e. The van der Waals surface area contributed by atoms with Gasteiger partial charge in [-0.1, -0.05) is 69.3 Å². The van der Waals surface area contributed by atoms with E-state index >= 15 is 0 Å². The zero-order valence-corrected chi connectivity index (χ0v) is 17.4. The molecule has 2 heteroatoms. The summed E-state index contributed by atoms with van der Waals surface area (Å²) in [7, 11) is 0. The number of furan rings is 1. The summed E-state index contributed by atoms with van der Waals surface area (Å²) in [5, 5.41) is 4.79. The molecule has 0 amide bonds. The normalized spacial score (nSPS) is 12.5. The average molecular weight is 389 g/mol. The molecule has 0 unspecified atom stereocenters. The first-order valence-corrected chi connectivity index (χ1v) is 10.5. The van der Waals surface area contributed by atoms with Crippen LogP contribution in [0.25, 0.3) is 49.4 Å². The van der Waals surface area contributed by atoms with Crippen LogP contribution in [-0.2, 0) is 5.41 Å². The van der Waals surface area contributed by atoms with Crippen molar-refractivity contribution in [3.63, 3.8) is 0 Å². The first kappa shape index (κ1) is 17.3. The van der Waals surface area contributed by atoms with Crippen molar-refractivity contribution in [3.05, 3.63) is 90.5 Å². The van der Waals surface area contributed by atoms with Crippen LogP contribution in [0.5, 0.6) is 0 Å². The molecule has 0 bridgehead atoms. The molecule has 0 aliphatic rings. The van der Waals surface area contributed by atoms with Gasteiger partial charge in [0.15, 0.2) is 0 Å². The SMILES string of the molecule is CC(C)(C)c1ccc(-n2c3ccccc3c3cc4oc5ccccc5c4cc32)cc1. The summed E-state index contributed by atoms with van der Waals surface area (Å²) in [6.45, 7) is 6.76. The molecule has 0 N–H and O–H groups in total. The molecule has 6 rings (SSSR count). The molecule has 0 saturated carbocycles. The van der Waals surface area contributed by atoms with Crippen molar-refractivity contribution in [2.75, 3.05) is 0 Å². The van der Waals surface area contributed by atoms with E-state index in [-0.39, 0.29) is 5.41 Å². The standard InChI is InChI=1S/C28H23NO/c1-28(2,3)18-12-14-19(15-13-18)29-24-10-6-4-8-20(24)22-17-27-23(16-25(22)29)21-9-5-7-11-26(21)30-27/h4-17H,1-3H3. The van der Waals surface area contributed by atoms with Crippen LogP contribution >= 0.6 is 0 Å². The first-order chi connectivity index (χ1) is 14.5. The molecule has 0 aliphatic heterocycles. The minimum Gasteiger partial charge on any atom is -0.456 e. The Balaban J connectivity index is 1.71. The van der Waals surface area contributed by atoms with Crippen molar-refractivity contribution in [2.45, 2.75) is 26.2 Å². The largest absolute Gasteiger partial charge is 0.456 e. The predicted molar refractivity (Wildman–Crippen MR) is 127 cm³/mol. The number of benzene rings is 4. The van der Waals surface area contributed by atoms with E-state index in [1.807, 2.05) is 12.1 Å². The summed E-state index contributed by atoms with van der Waals surface area (Å²) in [6, 6.07) is 30.4. The van der Waals surface area contributed by atoms with Crippen molar-refractivity contribution < 1.29 is 4.42 Å². The molecule has 4 aromatic carbocycles. The minimum absolute atomic E-state index is 0.140. The van der Waals surface area contributed by atoms with Gasteiger partial charge in [-0.15, -0.1) is 0 Å². The second-order valence-corrected chi connectivity index (χ2v) is 9.11. The second-order valence-electron chi connectivity index (χ2n) is 9.11. The molecule has 0 fully saturated rings. The molecule has 0 saturated heterocycles. The Hall–Kier alpha value is -3.52. The molecular formula is C28H23NO. The maximum atomic E-state index is 6.17. The van der Waals surface area contributed by atoms with Crippen molar-refractivity contribution >= 4 is 43.7 Å². The van der Waals surface area contributed by atoms with Crippen LogP contribution in [0.4, 0.5) is 0 Å². The van der Waals surface area contributed by atoms with E-state index in [0.29, 0.717) is 0 Å². The Morgan fingerprint density at radius 2 is 1.30 bits per heavy atom. The van der Waals surface area contributed by atoms with Crippen LogP contribution in [0.15, 0.2) is 89.3 Å². The van der Waals surface area contributed by atoms with E-state index in [2.05, 4.69) is 98.1 Å². The predicted octanol–water partition coefficient (Wildman–Crippen LogP) is 7.98. The van der Waals surface area contributed by atoms with Gasteiger partial charge in [0, 0.05) is 27.2 Å². The van der Waals surface area contributed by atoms with Crippen molar-refractivity contribution in [1.82, 2.24) is 4.57 Å². The summed E-state index contributed by atoms with van der Waals surface area (Å²) in [6.07, 6.45) is 0. The molecule has 0 spiro atoms. The average Bonchev–Trinajstić information content (AvgIpc) is 3.27. The van der Waals surface area contributed by atoms with Gasteiger partial charge in [0.25, 0.3) is 0 Å². The fourth-order valence-electron chi connectivity index (χ4n) is 4.58. The molecule has 0 radical (unpaired) electrons. The van der Waals surface area contributed by atoms with E-state index in [1.54, 1.807) is 0 Å². The zero-order valence-electron chi connectivity index (χ0n) is 17.4. The lowest BCUT2D eigenvalue weighted by atomic mass is 9.87. The van der Waals surface area contributed by atoms with E-state index in [0.717, 1.165) is 21.9 Å². The molecule has 2 heterocycles. The van der Waals surface area contributed by atoms with E-state index < -0.39 is 0 Å². The van der Waals surface area contributed by atoms with Crippen LogP contribution in [0, 0.1) is 0 Å². The summed E-state index contributed by atoms with van der Waals surface area (Å²) in [5.41, 5.74) is 6.96. The monoisotopic (exact) mass is 389 g/mol. The van der Waals surface area contributed by atoms with E-state index in [1.165, 1.54) is 33.1 Å². The molecular weight excluding hydrogens is 366 g/mol. The molecule has 6 aromatic rings. The third-order valence-corrected chi connectivity index (χ3v) is 6.16.